The molecule has 1 fully saturated rings. The highest BCUT2D eigenvalue weighted by atomic mass is 28.4. The smallest absolute Gasteiger partial charge is 0.304 e. The second-order valence-corrected chi connectivity index (χ2v) is 15.9. The number of methoxy groups -OCH3 is 1. The number of hydrogen-bond donors (Lipinski definition) is 1. The van der Waals surface area contributed by atoms with Gasteiger partial charge in [0, 0.05) is 49.7 Å². The van der Waals surface area contributed by atoms with E-state index in [1.165, 1.54) is 11.8 Å². The third-order valence-corrected chi connectivity index (χ3v) is 11.2. The number of benzene rings is 2. The van der Waals surface area contributed by atoms with Crippen LogP contribution in [0.4, 0.5) is 9.80 Å². The van der Waals surface area contributed by atoms with Crippen LogP contribution in [0.2, 0.25) is 18.6 Å². The van der Waals surface area contributed by atoms with Crippen LogP contribution in [0.25, 0.3) is 0 Å². The van der Waals surface area contributed by atoms with Gasteiger partial charge in [0.1, 0.15) is 11.9 Å². The third kappa shape index (κ3) is 5.69. The number of halogens is 1. The molecule has 0 aromatic heterocycles. The van der Waals surface area contributed by atoms with Crippen molar-refractivity contribution in [2.75, 3.05) is 18.6 Å². The predicted molar refractivity (Wildman–Crippen MR) is 156 cm³/mol. The van der Waals surface area contributed by atoms with Crippen molar-refractivity contribution < 1.29 is 37.8 Å². The first-order valence-corrected chi connectivity index (χ1v) is 17.4. The Hall–Kier alpha value is -3.28. The molecular weight excluding hydrogens is 559 g/mol. The first-order valence-electron chi connectivity index (χ1n) is 14.4. The van der Waals surface area contributed by atoms with E-state index < -0.39 is 38.4 Å². The van der Waals surface area contributed by atoms with Crippen LogP contribution in [-0.2, 0) is 36.8 Å². The number of β-lactam (4-membered cyclic amide) rings is 1. The van der Waals surface area contributed by atoms with Crippen LogP contribution in [0, 0.1) is 5.92 Å². The second kappa shape index (κ2) is 11.8. The monoisotopic (exact) mass is 598 g/mol. The number of ether oxygens (including phenoxy) is 3. The van der Waals surface area contributed by atoms with Crippen LogP contribution < -0.4 is 9.64 Å². The molecule has 42 heavy (non-hydrogen) atoms. The van der Waals surface area contributed by atoms with E-state index >= 15 is 4.11 Å². The van der Waals surface area contributed by atoms with Gasteiger partial charge in [-0.3, -0.25) is 19.3 Å². The Morgan fingerprint density at radius 2 is 1.88 bits per heavy atom. The number of hydrogen-bond acceptors (Lipinski definition) is 7. The topological polar surface area (TPSA) is 106 Å². The maximum atomic E-state index is 16.1. The lowest BCUT2D eigenvalue weighted by atomic mass is 9.85. The molecule has 0 radical (unpaired) electrons. The van der Waals surface area contributed by atoms with Crippen LogP contribution in [0.15, 0.2) is 42.5 Å². The van der Waals surface area contributed by atoms with Gasteiger partial charge in [-0.2, -0.15) is 0 Å². The number of amides is 2. The normalized spacial score (nSPS) is 26.0. The van der Waals surface area contributed by atoms with Crippen molar-refractivity contribution in [1.82, 2.24) is 4.90 Å². The second-order valence-electron chi connectivity index (χ2n) is 12.1. The van der Waals surface area contributed by atoms with Crippen molar-refractivity contribution in [2.24, 2.45) is 5.92 Å². The molecule has 3 aliphatic heterocycles. The molecule has 1 saturated heterocycles. The largest absolute Gasteiger partial charge is 0.490 e. The Morgan fingerprint density at radius 3 is 2.50 bits per heavy atom. The average molecular weight is 599 g/mol. The highest BCUT2D eigenvalue weighted by molar-refractivity contribution is 6.72. The highest BCUT2D eigenvalue weighted by Gasteiger charge is 2.49. The van der Waals surface area contributed by atoms with Gasteiger partial charge in [-0.05, 0) is 48.8 Å². The number of aliphatic hydroxyl groups excluding tert-OH is 1. The molecule has 2 aromatic carbocycles. The lowest BCUT2D eigenvalue weighted by Crippen LogP contribution is -2.55. The van der Waals surface area contributed by atoms with Gasteiger partial charge >= 0.3 is 5.97 Å². The van der Waals surface area contributed by atoms with Crippen molar-refractivity contribution in [3.05, 3.63) is 59.2 Å². The van der Waals surface area contributed by atoms with E-state index in [9.17, 15) is 19.5 Å². The van der Waals surface area contributed by atoms with E-state index in [0.29, 0.717) is 30.0 Å². The van der Waals surface area contributed by atoms with E-state index in [-0.39, 0.29) is 43.2 Å². The van der Waals surface area contributed by atoms with E-state index in [1.54, 1.807) is 43.3 Å². The minimum Gasteiger partial charge on any atom is -0.490 e. The van der Waals surface area contributed by atoms with Crippen molar-refractivity contribution >= 4 is 31.9 Å². The van der Waals surface area contributed by atoms with Crippen LogP contribution in [-0.4, -0.2) is 68.3 Å². The van der Waals surface area contributed by atoms with Gasteiger partial charge < -0.3 is 28.3 Å². The first-order chi connectivity index (χ1) is 19.9. The van der Waals surface area contributed by atoms with Crippen molar-refractivity contribution in [3.63, 3.8) is 0 Å². The standard InChI is InChI=1S/C31H39FN2O7Si/c1-18-30(39-3)24-13-22(34-28(38)15-29(34)40-19(2)36)10-11-25(24)41-31(18)26(42(4,5)32)14-27(37)33-16-21-9-7-6-8-20(21)12-23(33)17-35/h6-11,13,18,23,26,29-31,35H,12,14-17H2,1-5H3/t18-,23+,26?,29?,30-,31-/m1/s1. The number of fused-ring (bicyclic) bond motifs is 2. The minimum atomic E-state index is -3.46. The Kier molecular flexibility index (Phi) is 8.46. The van der Waals surface area contributed by atoms with Crippen molar-refractivity contribution in [2.45, 2.75) is 82.8 Å². The number of nitrogens with zero attached hydrogens (tertiary/aromatic N) is 2. The molecule has 9 nitrogen and oxygen atoms in total. The fourth-order valence-corrected chi connectivity index (χ4v) is 8.41. The zero-order chi connectivity index (χ0) is 30.3. The molecule has 0 saturated carbocycles. The Balaban J connectivity index is 1.40. The summed E-state index contributed by atoms with van der Waals surface area (Å²) < 4.78 is 33.7. The maximum absolute atomic E-state index is 16.1. The van der Waals surface area contributed by atoms with Gasteiger partial charge in [0.25, 0.3) is 0 Å². The van der Waals surface area contributed by atoms with Gasteiger partial charge in [-0.25, -0.2) is 0 Å². The molecule has 0 spiro atoms. The summed E-state index contributed by atoms with van der Waals surface area (Å²) in [6.07, 6.45) is -1.15. The molecule has 2 unspecified atom stereocenters. The van der Waals surface area contributed by atoms with Crippen molar-refractivity contribution in [3.8, 4) is 5.75 Å². The van der Waals surface area contributed by atoms with Gasteiger partial charge in [0.05, 0.1) is 25.2 Å². The van der Waals surface area contributed by atoms with Crippen molar-refractivity contribution in [1.29, 1.82) is 0 Å². The van der Waals surface area contributed by atoms with Crippen LogP contribution >= 0.6 is 0 Å². The first kappa shape index (κ1) is 30.2. The van der Waals surface area contributed by atoms with Gasteiger partial charge in [-0.15, -0.1) is 0 Å². The SMILES string of the molecule is CO[C@H]1c2cc(N3C(=O)CC3OC(C)=O)ccc2O[C@@H](C(CC(=O)N2Cc3ccccc3C[C@H]2CO)[Si](C)(C)F)[C@@H]1C. The molecule has 1 N–H and O–H groups in total. The van der Waals surface area contributed by atoms with Crippen LogP contribution in [0.1, 0.15) is 49.5 Å². The Labute approximate surface area is 246 Å². The lowest BCUT2D eigenvalue weighted by Gasteiger charge is -2.44. The molecule has 0 bridgehead atoms. The van der Waals surface area contributed by atoms with Gasteiger partial charge in [0.2, 0.25) is 20.2 Å². The summed E-state index contributed by atoms with van der Waals surface area (Å²) in [5, 5.41) is 10.1. The lowest BCUT2D eigenvalue weighted by molar-refractivity contribution is -0.154. The number of rotatable bonds is 8. The number of carbonyl (C=O) groups excluding carboxylic acids is 3. The third-order valence-electron chi connectivity index (χ3n) is 8.86. The molecule has 226 valence electrons. The summed E-state index contributed by atoms with van der Waals surface area (Å²) in [5.74, 6) is -0.650. The molecule has 3 aliphatic rings. The molecule has 3 heterocycles. The fourth-order valence-electron chi connectivity index (χ4n) is 6.60. The quantitative estimate of drug-likeness (QED) is 0.209. The highest BCUT2D eigenvalue weighted by Crippen LogP contribution is 2.49. The number of carbonyl (C=O) groups is 3. The Morgan fingerprint density at radius 1 is 1.17 bits per heavy atom. The number of aliphatic hydroxyl groups is 1. The maximum Gasteiger partial charge on any atom is 0.304 e. The summed E-state index contributed by atoms with van der Waals surface area (Å²) in [6.45, 7) is 6.63. The Bertz CT molecular complexity index is 1370. The molecule has 11 heteroatoms. The molecule has 0 aliphatic carbocycles. The molecule has 2 amide bonds. The molecule has 6 atom stereocenters. The zero-order valence-corrected chi connectivity index (χ0v) is 25.7. The van der Waals surface area contributed by atoms with E-state index in [2.05, 4.69) is 0 Å². The van der Waals surface area contributed by atoms with Gasteiger partial charge in [-0.1, -0.05) is 31.2 Å². The van der Waals surface area contributed by atoms with E-state index in [0.717, 1.165) is 11.1 Å². The zero-order valence-electron chi connectivity index (χ0n) is 24.7. The number of esters is 1. The van der Waals surface area contributed by atoms with E-state index in [4.69, 9.17) is 14.2 Å². The average Bonchev–Trinajstić information content (AvgIpc) is 2.93. The van der Waals surface area contributed by atoms with E-state index in [1.807, 2.05) is 31.2 Å². The fraction of sp³-hybridized carbons (Fsp3) is 0.516. The van der Waals surface area contributed by atoms with Gasteiger partial charge in [0.15, 0.2) is 6.23 Å². The summed E-state index contributed by atoms with van der Waals surface area (Å²) >= 11 is 0. The predicted octanol–water partition coefficient (Wildman–Crippen LogP) is 4.28. The van der Waals surface area contributed by atoms with Crippen LogP contribution in [0.3, 0.4) is 0 Å². The summed E-state index contributed by atoms with van der Waals surface area (Å²) in [7, 11) is -1.89. The molecular formula is C31H39FN2O7Si. The minimum absolute atomic E-state index is 0.0421. The molecule has 5 rings (SSSR count). The summed E-state index contributed by atoms with van der Waals surface area (Å²) in [6, 6.07) is 12.7. The summed E-state index contributed by atoms with van der Waals surface area (Å²) in [5.41, 5.74) is 2.73. The van der Waals surface area contributed by atoms with Crippen LogP contribution in [0.5, 0.6) is 5.75 Å². The number of anilines is 1. The molecule has 2 aromatic rings. The summed E-state index contributed by atoms with van der Waals surface area (Å²) in [4.78, 5) is 40.8.